The third kappa shape index (κ3) is 4.41. The molecule has 2 aliphatic carbocycles. The van der Waals surface area contributed by atoms with Crippen LogP contribution in [0.15, 0.2) is 39.8 Å². The van der Waals surface area contributed by atoms with E-state index in [1.807, 2.05) is 12.1 Å². The maximum Gasteiger partial charge on any atom is 0.366 e. The lowest BCUT2D eigenvalue weighted by molar-refractivity contribution is 0.217. The van der Waals surface area contributed by atoms with Crippen molar-refractivity contribution < 1.29 is 14.3 Å². The first-order valence-corrected chi connectivity index (χ1v) is 10.8. The van der Waals surface area contributed by atoms with Crippen molar-refractivity contribution in [3.63, 3.8) is 0 Å². The van der Waals surface area contributed by atoms with Crippen LogP contribution < -0.4 is 15.3 Å². The second-order valence-electron chi connectivity index (χ2n) is 8.37. The van der Waals surface area contributed by atoms with Gasteiger partial charge in [-0.2, -0.15) is 0 Å². The van der Waals surface area contributed by atoms with E-state index in [1.165, 1.54) is 31.7 Å². The molecule has 0 spiro atoms. The topological polar surface area (TPSA) is 75.8 Å². The molecule has 0 amide bonds. The van der Waals surface area contributed by atoms with E-state index >= 15 is 0 Å². The van der Waals surface area contributed by atoms with Gasteiger partial charge >= 0.3 is 5.63 Å². The van der Waals surface area contributed by atoms with Crippen LogP contribution in [-0.4, -0.2) is 22.2 Å². The van der Waals surface area contributed by atoms with E-state index in [0.29, 0.717) is 11.6 Å². The quantitative estimate of drug-likeness (QED) is 0.732. The lowest BCUT2D eigenvalue weighted by Crippen LogP contribution is -2.46. The molecule has 0 aromatic carbocycles. The van der Waals surface area contributed by atoms with Crippen LogP contribution in [0.3, 0.4) is 0 Å². The highest BCUT2D eigenvalue weighted by atomic mass is 16.6. The van der Waals surface area contributed by atoms with Crippen molar-refractivity contribution in [2.45, 2.75) is 77.0 Å². The summed E-state index contributed by atoms with van der Waals surface area (Å²) in [5.74, 6) is 0.523. The Bertz CT molecular complexity index is 855. The molecule has 1 N–H and O–H groups in total. The molecule has 0 aliphatic heterocycles. The molecule has 2 aliphatic rings. The lowest BCUT2D eigenvalue weighted by Gasteiger charge is -2.39. The molecule has 6 nitrogen and oxygen atoms in total. The number of rotatable bonds is 7. The molecule has 0 radical (unpaired) electrons. The standard InChI is InChI=1S/C23H30N2O4/c1-16(18-8-2-3-9-18)25(19-10-4-5-11-19)22-20(26)13-21(29-23(22)27)28-15-17-7-6-12-24-14-17/h6-7,12-14,16,18-19,26H,2-5,8-11,15H2,1H3. The number of ether oxygens (including phenoxy) is 1. The minimum absolute atomic E-state index is 0.0278. The number of hydrogen-bond donors (Lipinski definition) is 1. The van der Waals surface area contributed by atoms with Crippen LogP contribution >= 0.6 is 0 Å². The highest BCUT2D eigenvalue weighted by Gasteiger charge is 2.35. The third-order valence-electron chi connectivity index (χ3n) is 6.48. The summed E-state index contributed by atoms with van der Waals surface area (Å²) >= 11 is 0. The molecule has 4 rings (SSSR count). The first kappa shape index (κ1) is 19.8. The Morgan fingerprint density at radius 2 is 1.97 bits per heavy atom. The molecule has 1 atom stereocenters. The molecular formula is C23H30N2O4. The van der Waals surface area contributed by atoms with Gasteiger partial charge in [-0.1, -0.05) is 31.7 Å². The zero-order chi connectivity index (χ0) is 20.2. The van der Waals surface area contributed by atoms with E-state index in [2.05, 4.69) is 16.8 Å². The fraction of sp³-hybridized carbons (Fsp3) is 0.565. The number of aromatic nitrogens is 1. The molecule has 2 aromatic heterocycles. The van der Waals surface area contributed by atoms with Crippen molar-refractivity contribution in [1.82, 2.24) is 4.98 Å². The van der Waals surface area contributed by atoms with Crippen molar-refractivity contribution in [2.24, 2.45) is 5.92 Å². The van der Waals surface area contributed by atoms with Gasteiger partial charge in [0, 0.05) is 30.0 Å². The van der Waals surface area contributed by atoms with Crippen LogP contribution in [0.5, 0.6) is 11.7 Å². The molecule has 0 saturated heterocycles. The average molecular weight is 399 g/mol. The normalized spacial score (nSPS) is 18.8. The molecule has 2 aromatic rings. The summed E-state index contributed by atoms with van der Waals surface area (Å²) in [5.41, 5.74) is 0.633. The van der Waals surface area contributed by atoms with E-state index in [4.69, 9.17) is 9.15 Å². The molecule has 2 heterocycles. The number of anilines is 1. The van der Waals surface area contributed by atoms with Gasteiger partial charge in [0.1, 0.15) is 6.61 Å². The number of pyridine rings is 1. The minimum atomic E-state index is -0.525. The maximum absolute atomic E-state index is 12.9. The van der Waals surface area contributed by atoms with Crippen molar-refractivity contribution >= 4 is 5.69 Å². The van der Waals surface area contributed by atoms with Crippen LogP contribution in [0.25, 0.3) is 0 Å². The zero-order valence-electron chi connectivity index (χ0n) is 17.0. The van der Waals surface area contributed by atoms with Gasteiger partial charge < -0.3 is 19.2 Å². The van der Waals surface area contributed by atoms with Gasteiger partial charge in [-0.15, -0.1) is 0 Å². The van der Waals surface area contributed by atoms with E-state index < -0.39 is 5.63 Å². The van der Waals surface area contributed by atoms with Crippen molar-refractivity contribution in [1.29, 1.82) is 0 Å². The largest absolute Gasteiger partial charge is 0.505 e. The van der Waals surface area contributed by atoms with Crippen LogP contribution in [0.1, 0.15) is 63.9 Å². The van der Waals surface area contributed by atoms with E-state index in [9.17, 15) is 9.90 Å². The molecule has 156 valence electrons. The second-order valence-corrected chi connectivity index (χ2v) is 8.37. The van der Waals surface area contributed by atoms with Crippen LogP contribution in [0.2, 0.25) is 0 Å². The maximum atomic E-state index is 12.9. The number of hydrogen-bond acceptors (Lipinski definition) is 6. The summed E-state index contributed by atoms with van der Waals surface area (Å²) in [7, 11) is 0. The Kier molecular flexibility index (Phi) is 6.07. The minimum Gasteiger partial charge on any atom is -0.505 e. The summed E-state index contributed by atoms with van der Waals surface area (Å²) < 4.78 is 11.1. The summed E-state index contributed by atoms with van der Waals surface area (Å²) in [6.07, 6.45) is 12.7. The molecule has 6 heteroatoms. The van der Waals surface area contributed by atoms with Crippen molar-refractivity contribution in [3.05, 3.63) is 46.6 Å². The van der Waals surface area contributed by atoms with Gasteiger partial charge in [0.15, 0.2) is 11.4 Å². The van der Waals surface area contributed by atoms with Crippen LogP contribution in [0, 0.1) is 5.92 Å². The fourth-order valence-corrected chi connectivity index (χ4v) is 4.97. The highest BCUT2D eigenvalue weighted by molar-refractivity contribution is 5.58. The number of aromatic hydroxyl groups is 1. The van der Waals surface area contributed by atoms with Crippen molar-refractivity contribution in [3.8, 4) is 11.7 Å². The van der Waals surface area contributed by atoms with Gasteiger partial charge in [0.05, 0.1) is 6.07 Å². The highest BCUT2D eigenvalue weighted by Crippen LogP contribution is 2.39. The predicted octanol–water partition coefficient (Wildman–Crippen LogP) is 4.65. The van der Waals surface area contributed by atoms with Gasteiger partial charge in [-0.25, -0.2) is 4.79 Å². The third-order valence-corrected chi connectivity index (χ3v) is 6.48. The Morgan fingerprint density at radius 1 is 1.24 bits per heavy atom. The smallest absolute Gasteiger partial charge is 0.366 e. The van der Waals surface area contributed by atoms with E-state index in [1.54, 1.807) is 12.4 Å². The zero-order valence-corrected chi connectivity index (χ0v) is 17.0. The SMILES string of the molecule is CC(C1CCCC1)N(c1c(O)cc(OCc2cccnc2)oc1=O)C1CCCC1. The summed E-state index contributed by atoms with van der Waals surface area (Å²) in [4.78, 5) is 19.1. The monoisotopic (exact) mass is 398 g/mol. The second kappa shape index (κ2) is 8.89. The van der Waals surface area contributed by atoms with E-state index in [0.717, 1.165) is 31.2 Å². The van der Waals surface area contributed by atoms with Gasteiger partial charge in [-0.05, 0) is 44.6 Å². The van der Waals surface area contributed by atoms with E-state index in [-0.39, 0.29) is 30.4 Å². The summed E-state index contributed by atoms with van der Waals surface area (Å²) in [6.45, 7) is 2.42. The first-order valence-electron chi connectivity index (χ1n) is 10.8. The molecular weight excluding hydrogens is 368 g/mol. The molecule has 2 saturated carbocycles. The van der Waals surface area contributed by atoms with Crippen molar-refractivity contribution in [2.75, 3.05) is 4.90 Å². The summed E-state index contributed by atoms with van der Waals surface area (Å²) in [5, 5.41) is 10.8. The lowest BCUT2D eigenvalue weighted by atomic mass is 9.95. The number of nitrogens with zero attached hydrogens (tertiary/aromatic N) is 2. The van der Waals surface area contributed by atoms with Gasteiger partial charge in [-0.3, -0.25) is 4.98 Å². The van der Waals surface area contributed by atoms with Gasteiger partial charge in [0.25, 0.3) is 5.95 Å². The Balaban J connectivity index is 1.59. The molecule has 29 heavy (non-hydrogen) atoms. The average Bonchev–Trinajstić information content (AvgIpc) is 3.43. The van der Waals surface area contributed by atoms with Crippen LogP contribution in [0.4, 0.5) is 5.69 Å². The Labute approximate surface area is 171 Å². The fourth-order valence-electron chi connectivity index (χ4n) is 4.97. The molecule has 0 bridgehead atoms. The van der Waals surface area contributed by atoms with Gasteiger partial charge in [0.2, 0.25) is 0 Å². The Morgan fingerprint density at radius 3 is 2.62 bits per heavy atom. The predicted molar refractivity (Wildman–Crippen MR) is 111 cm³/mol. The summed E-state index contributed by atoms with van der Waals surface area (Å²) in [6, 6.07) is 5.61. The first-order chi connectivity index (χ1) is 14.1. The molecule has 2 fully saturated rings. The molecule has 1 unspecified atom stereocenters. The Hall–Kier alpha value is -2.50. The van der Waals surface area contributed by atoms with Crippen LogP contribution in [-0.2, 0) is 6.61 Å².